The first-order valence-corrected chi connectivity index (χ1v) is 5.82. The molecule has 0 aliphatic heterocycles. The van der Waals surface area contributed by atoms with E-state index in [1.165, 1.54) is 11.8 Å². The zero-order valence-electron chi connectivity index (χ0n) is 8.56. The highest BCUT2D eigenvalue weighted by Crippen LogP contribution is 2.24. The summed E-state index contributed by atoms with van der Waals surface area (Å²) in [5.41, 5.74) is 6.29. The number of benzene rings is 1. The molecule has 0 radical (unpaired) electrons. The minimum absolute atomic E-state index is 0.194. The molecule has 0 amide bonds. The average Bonchev–Trinajstić information content (AvgIpc) is 2.32. The quantitative estimate of drug-likeness (QED) is 0.655. The van der Waals surface area contributed by atoms with Gasteiger partial charge < -0.3 is 5.73 Å². The lowest BCUT2D eigenvalue weighted by molar-refractivity contribution is 0.622. The fraction of sp³-hybridized carbons (Fsp3) is 0.0833. The highest BCUT2D eigenvalue weighted by atomic mass is 32.2. The van der Waals surface area contributed by atoms with Crippen LogP contribution in [0.5, 0.6) is 0 Å². The Hall–Kier alpha value is -1.55. The largest absolute Gasteiger partial charge is 0.396 e. The van der Waals surface area contributed by atoms with E-state index in [4.69, 9.17) is 5.73 Å². The second-order valence-electron chi connectivity index (χ2n) is 3.28. The molecular formula is C12H11FN2S. The van der Waals surface area contributed by atoms with Crippen molar-refractivity contribution < 1.29 is 4.39 Å². The van der Waals surface area contributed by atoms with E-state index in [2.05, 4.69) is 4.98 Å². The molecule has 2 rings (SSSR count). The summed E-state index contributed by atoms with van der Waals surface area (Å²) in [5.74, 6) is 0.208. The lowest BCUT2D eigenvalue weighted by Gasteiger charge is -2.04. The standard InChI is InChI=1S/C12H11FN2S/c13-12-9(4-3-5-10(12)14)8-16-11-6-1-2-7-15-11/h1-7H,8,14H2. The number of hydrogen-bond donors (Lipinski definition) is 1. The van der Waals surface area contributed by atoms with Gasteiger partial charge in [0.05, 0.1) is 10.7 Å². The van der Waals surface area contributed by atoms with E-state index >= 15 is 0 Å². The molecule has 0 spiro atoms. The number of nitrogens with two attached hydrogens (primary N) is 1. The molecule has 1 heterocycles. The predicted octanol–water partition coefficient (Wildman–Crippen LogP) is 3.10. The van der Waals surface area contributed by atoms with Gasteiger partial charge in [-0.1, -0.05) is 18.2 Å². The molecule has 82 valence electrons. The fourth-order valence-electron chi connectivity index (χ4n) is 1.30. The third kappa shape index (κ3) is 2.52. The number of pyridine rings is 1. The second kappa shape index (κ2) is 4.99. The van der Waals surface area contributed by atoms with Gasteiger partial charge in [0.15, 0.2) is 0 Å². The maximum absolute atomic E-state index is 13.5. The summed E-state index contributed by atoms with van der Waals surface area (Å²) in [6.07, 6.45) is 1.72. The molecular weight excluding hydrogens is 223 g/mol. The van der Waals surface area contributed by atoms with Gasteiger partial charge >= 0.3 is 0 Å². The molecule has 2 N–H and O–H groups in total. The van der Waals surface area contributed by atoms with Crippen LogP contribution in [0.4, 0.5) is 10.1 Å². The van der Waals surface area contributed by atoms with Crippen molar-refractivity contribution in [3.05, 3.63) is 54.0 Å². The minimum atomic E-state index is -0.328. The maximum Gasteiger partial charge on any atom is 0.150 e. The van der Waals surface area contributed by atoms with Crippen molar-refractivity contribution in [2.75, 3.05) is 5.73 Å². The van der Waals surface area contributed by atoms with E-state index in [0.29, 0.717) is 11.3 Å². The van der Waals surface area contributed by atoms with Gasteiger partial charge in [-0.2, -0.15) is 0 Å². The Balaban J connectivity index is 2.08. The van der Waals surface area contributed by atoms with Crippen LogP contribution in [0, 0.1) is 5.82 Å². The third-order valence-corrected chi connectivity index (χ3v) is 3.11. The fourth-order valence-corrected chi connectivity index (χ4v) is 2.13. The van der Waals surface area contributed by atoms with Gasteiger partial charge in [-0.05, 0) is 18.2 Å². The van der Waals surface area contributed by atoms with Gasteiger partial charge in [0.1, 0.15) is 5.82 Å². The Labute approximate surface area is 97.7 Å². The van der Waals surface area contributed by atoms with Gasteiger partial charge in [0.25, 0.3) is 0 Å². The molecule has 0 aliphatic carbocycles. The minimum Gasteiger partial charge on any atom is -0.396 e. The molecule has 2 aromatic rings. The van der Waals surface area contributed by atoms with Crippen LogP contribution in [-0.2, 0) is 5.75 Å². The molecule has 0 bridgehead atoms. The molecule has 1 aromatic carbocycles. The zero-order valence-corrected chi connectivity index (χ0v) is 9.38. The van der Waals surface area contributed by atoms with Crippen LogP contribution in [0.15, 0.2) is 47.6 Å². The summed E-state index contributed by atoms with van der Waals surface area (Å²) in [6, 6.07) is 10.7. The molecule has 0 unspecified atom stereocenters. The number of nitrogens with zero attached hydrogens (tertiary/aromatic N) is 1. The van der Waals surface area contributed by atoms with E-state index < -0.39 is 0 Å². The molecule has 2 nitrogen and oxygen atoms in total. The van der Waals surface area contributed by atoms with E-state index in [0.717, 1.165) is 5.03 Å². The number of anilines is 1. The van der Waals surface area contributed by atoms with Crippen molar-refractivity contribution >= 4 is 17.4 Å². The molecule has 0 aliphatic rings. The summed E-state index contributed by atoms with van der Waals surface area (Å²) < 4.78 is 13.5. The SMILES string of the molecule is Nc1cccc(CSc2ccccn2)c1F. The zero-order chi connectivity index (χ0) is 11.4. The molecule has 0 saturated carbocycles. The monoisotopic (exact) mass is 234 g/mol. The summed E-state index contributed by atoms with van der Waals surface area (Å²) in [4.78, 5) is 4.16. The first kappa shape index (κ1) is 11.0. The summed E-state index contributed by atoms with van der Waals surface area (Å²) in [6.45, 7) is 0. The highest BCUT2D eigenvalue weighted by Gasteiger charge is 2.05. The first-order valence-electron chi connectivity index (χ1n) is 4.84. The van der Waals surface area contributed by atoms with Crippen molar-refractivity contribution in [3.8, 4) is 0 Å². The molecule has 4 heteroatoms. The van der Waals surface area contributed by atoms with Crippen LogP contribution in [0.2, 0.25) is 0 Å². The molecule has 0 atom stereocenters. The van der Waals surface area contributed by atoms with Crippen molar-refractivity contribution in [1.82, 2.24) is 4.98 Å². The lowest BCUT2D eigenvalue weighted by Crippen LogP contribution is -1.95. The second-order valence-corrected chi connectivity index (χ2v) is 4.27. The number of nitrogen functional groups attached to an aromatic ring is 1. The molecule has 1 aromatic heterocycles. The van der Waals surface area contributed by atoms with E-state index in [1.54, 1.807) is 24.4 Å². The number of aromatic nitrogens is 1. The molecule has 16 heavy (non-hydrogen) atoms. The third-order valence-electron chi connectivity index (χ3n) is 2.12. The van der Waals surface area contributed by atoms with Gasteiger partial charge in [-0.25, -0.2) is 9.37 Å². The van der Waals surface area contributed by atoms with Crippen LogP contribution >= 0.6 is 11.8 Å². The lowest BCUT2D eigenvalue weighted by atomic mass is 10.2. The van der Waals surface area contributed by atoms with Crippen LogP contribution in [-0.4, -0.2) is 4.98 Å². The number of hydrogen-bond acceptors (Lipinski definition) is 3. The van der Waals surface area contributed by atoms with Crippen molar-refractivity contribution in [2.24, 2.45) is 0 Å². The molecule has 0 saturated heterocycles. The summed E-state index contributed by atoms with van der Waals surface area (Å²) in [7, 11) is 0. The van der Waals surface area contributed by atoms with Crippen molar-refractivity contribution in [1.29, 1.82) is 0 Å². The van der Waals surface area contributed by atoms with Crippen molar-refractivity contribution in [2.45, 2.75) is 10.8 Å². The van der Waals surface area contributed by atoms with Crippen LogP contribution in [0.1, 0.15) is 5.56 Å². The number of thioether (sulfide) groups is 1. The number of halogens is 1. The van der Waals surface area contributed by atoms with Gasteiger partial charge in [-0.3, -0.25) is 0 Å². The normalized spacial score (nSPS) is 10.3. The Morgan fingerprint density at radius 2 is 2.06 bits per heavy atom. The highest BCUT2D eigenvalue weighted by molar-refractivity contribution is 7.98. The predicted molar refractivity (Wildman–Crippen MR) is 64.6 cm³/mol. The van der Waals surface area contributed by atoms with Crippen molar-refractivity contribution in [3.63, 3.8) is 0 Å². The van der Waals surface area contributed by atoms with E-state index in [1.807, 2.05) is 18.2 Å². The van der Waals surface area contributed by atoms with E-state index in [-0.39, 0.29) is 11.5 Å². The summed E-state index contributed by atoms with van der Waals surface area (Å²) >= 11 is 1.49. The maximum atomic E-state index is 13.5. The number of rotatable bonds is 3. The molecule has 0 fully saturated rings. The van der Waals surface area contributed by atoms with Gasteiger partial charge in [0, 0.05) is 17.5 Å². The van der Waals surface area contributed by atoms with Gasteiger partial charge in [-0.15, -0.1) is 11.8 Å². The Morgan fingerprint density at radius 3 is 2.81 bits per heavy atom. The smallest absolute Gasteiger partial charge is 0.150 e. The van der Waals surface area contributed by atoms with Gasteiger partial charge in [0.2, 0.25) is 0 Å². The van der Waals surface area contributed by atoms with Crippen LogP contribution in [0.25, 0.3) is 0 Å². The Morgan fingerprint density at radius 1 is 1.19 bits per heavy atom. The Kier molecular flexibility index (Phi) is 3.41. The average molecular weight is 234 g/mol. The van der Waals surface area contributed by atoms with Crippen LogP contribution in [0.3, 0.4) is 0 Å². The Bertz CT molecular complexity index is 474. The van der Waals surface area contributed by atoms with Crippen LogP contribution < -0.4 is 5.73 Å². The summed E-state index contributed by atoms with van der Waals surface area (Å²) in [5, 5.41) is 0.879. The first-order chi connectivity index (χ1) is 7.77. The topological polar surface area (TPSA) is 38.9 Å². The van der Waals surface area contributed by atoms with E-state index in [9.17, 15) is 4.39 Å².